The first-order valence-corrected chi connectivity index (χ1v) is 6.02. The van der Waals surface area contributed by atoms with E-state index in [0.29, 0.717) is 19.4 Å². The van der Waals surface area contributed by atoms with Crippen molar-refractivity contribution in [2.24, 2.45) is 0 Å². The van der Waals surface area contributed by atoms with Crippen LogP contribution in [-0.4, -0.2) is 41.1 Å². The molecule has 0 bridgehead atoms. The number of rotatable bonds is 10. The van der Waals surface area contributed by atoms with E-state index in [-0.39, 0.29) is 12.0 Å². The first kappa shape index (κ1) is 17.4. The van der Waals surface area contributed by atoms with Gasteiger partial charge in [0.2, 0.25) is 0 Å². The molecule has 0 aliphatic rings. The van der Waals surface area contributed by atoms with Crippen LogP contribution in [0.1, 0.15) is 25.7 Å². The molecule has 0 atom stereocenters. The third-order valence-corrected chi connectivity index (χ3v) is 2.22. The molecule has 0 saturated carbocycles. The number of carboxylic acid groups (broad SMARTS) is 2. The summed E-state index contributed by atoms with van der Waals surface area (Å²) in [4.78, 5) is 31.9. The van der Waals surface area contributed by atoms with Gasteiger partial charge in [-0.15, -0.1) is 0 Å². The molecule has 20 heavy (non-hydrogen) atoms. The molecule has 0 aliphatic carbocycles. The van der Waals surface area contributed by atoms with Crippen molar-refractivity contribution in [1.82, 2.24) is 10.6 Å². The Balaban J connectivity index is 3.90. The molecule has 4 N–H and O–H groups in total. The van der Waals surface area contributed by atoms with Crippen LogP contribution in [0.25, 0.3) is 0 Å². The van der Waals surface area contributed by atoms with E-state index in [1.165, 1.54) is 6.20 Å². The summed E-state index contributed by atoms with van der Waals surface area (Å²) in [5.74, 6) is -2.78. The number of nitriles is 1. The van der Waals surface area contributed by atoms with Crippen LogP contribution >= 0.6 is 0 Å². The summed E-state index contributed by atoms with van der Waals surface area (Å²) < 4.78 is 0. The van der Waals surface area contributed by atoms with E-state index in [2.05, 4.69) is 10.6 Å². The monoisotopic (exact) mass is 283 g/mol. The second-order valence-electron chi connectivity index (χ2n) is 3.90. The fraction of sp³-hybridized carbons (Fsp3) is 0.500. The highest BCUT2D eigenvalue weighted by Gasteiger charge is 2.09. The smallest absolute Gasteiger partial charge is 0.322 e. The Kier molecular flexibility index (Phi) is 9.04. The highest BCUT2D eigenvalue weighted by atomic mass is 16.4. The Labute approximate surface area is 116 Å². The third-order valence-electron chi connectivity index (χ3n) is 2.22. The van der Waals surface area contributed by atoms with Crippen LogP contribution in [0, 0.1) is 11.3 Å². The molecule has 0 aliphatic heterocycles. The van der Waals surface area contributed by atoms with Crippen molar-refractivity contribution in [3.63, 3.8) is 0 Å². The summed E-state index contributed by atoms with van der Waals surface area (Å²) in [6.45, 7) is -0.0515. The lowest BCUT2D eigenvalue weighted by atomic mass is 10.2. The fourth-order valence-corrected chi connectivity index (χ4v) is 1.25. The Hall–Kier alpha value is -2.56. The van der Waals surface area contributed by atoms with E-state index >= 15 is 0 Å². The summed E-state index contributed by atoms with van der Waals surface area (Å²) in [7, 11) is 0. The van der Waals surface area contributed by atoms with Crippen molar-refractivity contribution in [2.45, 2.75) is 25.7 Å². The van der Waals surface area contributed by atoms with Crippen molar-refractivity contribution in [3.05, 3.63) is 11.8 Å². The summed E-state index contributed by atoms with van der Waals surface area (Å²) in [5.41, 5.74) is -0.211. The largest absolute Gasteiger partial charge is 0.481 e. The Morgan fingerprint density at radius 3 is 2.35 bits per heavy atom. The van der Waals surface area contributed by atoms with Crippen LogP contribution < -0.4 is 10.6 Å². The summed E-state index contributed by atoms with van der Waals surface area (Å²) in [6.07, 6.45) is 3.34. The molecule has 8 nitrogen and oxygen atoms in total. The number of unbranched alkanes of at least 4 members (excludes halogenated alkanes) is 2. The molecule has 1 amide bonds. The van der Waals surface area contributed by atoms with Gasteiger partial charge in [-0.2, -0.15) is 5.26 Å². The molecule has 0 rings (SSSR count). The first-order valence-electron chi connectivity index (χ1n) is 6.02. The van der Waals surface area contributed by atoms with Gasteiger partial charge in [-0.25, -0.2) is 0 Å². The van der Waals surface area contributed by atoms with E-state index < -0.39 is 24.4 Å². The molecule has 0 heterocycles. The number of nitrogens with zero attached hydrogens (tertiary/aromatic N) is 1. The highest BCUT2D eigenvalue weighted by Crippen LogP contribution is 1.98. The molecule has 0 unspecified atom stereocenters. The fourth-order valence-electron chi connectivity index (χ4n) is 1.25. The van der Waals surface area contributed by atoms with Crippen LogP contribution in [0.2, 0.25) is 0 Å². The van der Waals surface area contributed by atoms with Gasteiger partial charge in [0.15, 0.2) is 0 Å². The molecule has 0 aromatic rings. The van der Waals surface area contributed by atoms with Crippen molar-refractivity contribution >= 4 is 17.8 Å². The number of carboxylic acids is 2. The SMILES string of the molecule is N#C/C(=C/NCCCCCC(=O)O)C(=O)NCC(=O)O. The topological polar surface area (TPSA) is 140 Å². The highest BCUT2D eigenvalue weighted by molar-refractivity contribution is 5.98. The molecule has 0 aromatic heterocycles. The van der Waals surface area contributed by atoms with E-state index in [1.807, 2.05) is 0 Å². The van der Waals surface area contributed by atoms with Crippen LogP contribution in [0.15, 0.2) is 11.8 Å². The number of aliphatic carboxylic acids is 2. The van der Waals surface area contributed by atoms with Gasteiger partial charge < -0.3 is 20.8 Å². The lowest BCUT2D eigenvalue weighted by molar-refractivity contribution is -0.138. The predicted molar refractivity (Wildman–Crippen MR) is 68.4 cm³/mol. The lowest BCUT2D eigenvalue weighted by Gasteiger charge is -2.03. The number of nitrogens with one attached hydrogen (secondary N) is 2. The summed E-state index contributed by atoms with van der Waals surface area (Å²) >= 11 is 0. The van der Waals surface area contributed by atoms with Gasteiger partial charge in [-0.05, 0) is 12.8 Å². The number of hydrogen-bond donors (Lipinski definition) is 4. The quantitative estimate of drug-likeness (QED) is 0.248. The van der Waals surface area contributed by atoms with Gasteiger partial charge in [0.05, 0.1) is 0 Å². The van der Waals surface area contributed by atoms with Crippen LogP contribution in [0.5, 0.6) is 0 Å². The standard InChI is InChI=1S/C12H17N3O5/c13-6-9(12(20)15-8-11(18)19)7-14-5-3-1-2-4-10(16)17/h7,14H,1-5,8H2,(H,15,20)(H,16,17)(H,18,19)/b9-7-. The van der Waals surface area contributed by atoms with Gasteiger partial charge >= 0.3 is 11.9 Å². The second kappa shape index (κ2) is 10.4. The molecule has 110 valence electrons. The molecule has 8 heteroatoms. The number of carbonyl (C=O) groups excluding carboxylic acids is 1. The summed E-state index contributed by atoms with van der Waals surface area (Å²) in [6, 6.07) is 1.66. The van der Waals surface area contributed by atoms with E-state index in [4.69, 9.17) is 15.5 Å². The molecule has 0 spiro atoms. The van der Waals surface area contributed by atoms with Crippen molar-refractivity contribution in [1.29, 1.82) is 5.26 Å². The minimum Gasteiger partial charge on any atom is -0.481 e. The maximum absolute atomic E-state index is 11.3. The Bertz CT molecular complexity index is 425. The predicted octanol–water partition coefficient (Wildman–Crippen LogP) is -0.171. The number of amides is 1. The normalized spacial score (nSPS) is 10.4. The van der Waals surface area contributed by atoms with Crippen molar-refractivity contribution in [3.8, 4) is 6.07 Å². The lowest BCUT2D eigenvalue weighted by Crippen LogP contribution is -2.30. The second-order valence-corrected chi connectivity index (χ2v) is 3.90. The van der Waals surface area contributed by atoms with E-state index in [0.717, 1.165) is 6.42 Å². The molecule has 0 saturated heterocycles. The zero-order chi connectivity index (χ0) is 15.4. The van der Waals surface area contributed by atoms with Gasteiger partial charge in [-0.3, -0.25) is 14.4 Å². The van der Waals surface area contributed by atoms with Gasteiger partial charge in [0, 0.05) is 19.2 Å². The minimum atomic E-state index is -1.19. The van der Waals surface area contributed by atoms with Crippen LogP contribution in [0.3, 0.4) is 0 Å². The molecular formula is C12H17N3O5. The van der Waals surface area contributed by atoms with Crippen LogP contribution in [-0.2, 0) is 14.4 Å². The molecule has 0 fully saturated rings. The van der Waals surface area contributed by atoms with E-state index in [1.54, 1.807) is 6.07 Å². The zero-order valence-electron chi connectivity index (χ0n) is 10.9. The number of hydrogen-bond acceptors (Lipinski definition) is 5. The maximum atomic E-state index is 11.3. The van der Waals surface area contributed by atoms with Crippen LogP contribution in [0.4, 0.5) is 0 Å². The zero-order valence-corrected chi connectivity index (χ0v) is 10.9. The first-order chi connectivity index (χ1) is 9.47. The molecule has 0 radical (unpaired) electrons. The average Bonchev–Trinajstić information content (AvgIpc) is 2.39. The average molecular weight is 283 g/mol. The Morgan fingerprint density at radius 1 is 1.10 bits per heavy atom. The minimum absolute atomic E-state index is 0.122. The number of carbonyl (C=O) groups is 3. The summed E-state index contributed by atoms with van der Waals surface area (Å²) in [5, 5.41) is 30.4. The van der Waals surface area contributed by atoms with Gasteiger partial charge in [-0.1, -0.05) is 6.42 Å². The Morgan fingerprint density at radius 2 is 1.80 bits per heavy atom. The van der Waals surface area contributed by atoms with E-state index in [9.17, 15) is 14.4 Å². The van der Waals surface area contributed by atoms with Gasteiger partial charge in [0.1, 0.15) is 18.2 Å². The van der Waals surface area contributed by atoms with Gasteiger partial charge in [0.25, 0.3) is 5.91 Å². The third kappa shape index (κ3) is 9.47. The van der Waals surface area contributed by atoms with Crippen molar-refractivity contribution < 1.29 is 24.6 Å². The maximum Gasteiger partial charge on any atom is 0.322 e. The molecule has 0 aromatic carbocycles. The van der Waals surface area contributed by atoms with Crippen molar-refractivity contribution in [2.75, 3.05) is 13.1 Å². The molecular weight excluding hydrogens is 266 g/mol.